The predicted octanol–water partition coefficient (Wildman–Crippen LogP) is 23.3. The molecular weight excluding hydrogens is 1460 g/mol. The van der Waals surface area contributed by atoms with E-state index in [4.69, 9.17) is 35.8 Å². The van der Waals surface area contributed by atoms with Crippen molar-refractivity contribution >= 4 is 110 Å². The first-order valence-corrected chi connectivity index (χ1v) is 39.5. The van der Waals surface area contributed by atoms with Crippen LogP contribution in [0.3, 0.4) is 0 Å². The van der Waals surface area contributed by atoms with Crippen LogP contribution in [0.4, 0.5) is 0 Å². The largest absolute Gasteiger partial charge is 0.437 e. The lowest BCUT2D eigenvalue weighted by Gasteiger charge is -2.10. The van der Waals surface area contributed by atoms with Crippen LogP contribution in [-0.4, -0.2) is 24.9 Å². The van der Waals surface area contributed by atoms with Gasteiger partial charge in [0, 0.05) is 158 Å². The highest BCUT2D eigenvalue weighted by Crippen LogP contribution is 2.44. The normalized spacial score (nSPS) is 13.7. The number of aromatic nitrogens is 10. The number of furan rings is 5. The van der Waals surface area contributed by atoms with Crippen molar-refractivity contribution in [3.05, 3.63) is 298 Å². The number of rotatable bonds is 7. The van der Waals surface area contributed by atoms with Crippen molar-refractivity contribution in [1.29, 1.82) is 0 Å². The quantitative estimate of drug-likeness (QED) is 0.141. The molecule has 15 nitrogen and oxygen atoms in total. The molecular formula is C103H101N10O5+5. The Balaban J connectivity index is 0.000000118. The number of aryl methyl sites for hydroxylation is 17. The van der Waals surface area contributed by atoms with E-state index >= 15 is 0 Å². The maximum Gasteiger partial charge on any atom is 0.227 e. The third-order valence-corrected chi connectivity index (χ3v) is 22.8. The Morgan fingerprint density at radius 3 is 1.06 bits per heavy atom. The molecule has 0 radical (unpaired) electrons. The molecule has 0 bridgehead atoms. The Morgan fingerprint density at radius 1 is 0.297 bits per heavy atom. The Kier molecular flexibility index (Phi) is 17.9. The average Bonchev–Trinajstić information content (AvgIpc) is 1.59. The summed E-state index contributed by atoms with van der Waals surface area (Å²) in [6.07, 6.45) is 18.1. The van der Waals surface area contributed by atoms with Crippen molar-refractivity contribution in [2.24, 2.45) is 35.2 Å². The first-order valence-electron chi connectivity index (χ1n) is 44.5. The summed E-state index contributed by atoms with van der Waals surface area (Å²) in [7, 11) is 9.79. The predicted molar refractivity (Wildman–Crippen MR) is 476 cm³/mol. The zero-order valence-corrected chi connectivity index (χ0v) is 69.9. The molecule has 118 heavy (non-hydrogen) atoms. The van der Waals surface area contributed by atoms with E-state index in [0.717, 1.165) is 138 Å². The lowest BCUT2D eigenvalue weighted by molar-refractivity contribution is -0.660. The molecule has 5 aromatic carbocycles. The highest BCUT2D eigenvalue weighted by Gasteiger charge is 2.29. The van der Waals surface area contributed by atoms with Crippen LogP contribution in [0.1, 0.15) is 131 Å². The van der Waals surface area contributed by atoms with E-state index in [1.54, 1.807) is 67.8 Å². The van der Waals surface area contributed by atoms with Crippen molar-refractivity contribution in [1.82, 2.24) is 24.9 Å². The van der Waals surface area contributed by atoms with E-state index in [1.165, 1.54) is 62.6 Å². The average molecular weight is 1570 g/mol. The first-order chi connectivity index (χ1) is 60.7. The molecule has 0 aliphatic heterocycles. The van der Waals surface area contributed by atoms with E-state index in [1.807, 2.05) is 147 Å². The fourth-order valence-corrected chi connectivity index (χ4v) is 16.4. The molecule has 588 valence electrons. The van der Waals surface area contributed by atoms with Gasteiger partial charge >= 0.3 is 0 Å². The fraction of sp³-hybridized carbons (Fsp3) is 0.223. The molecule has 15 heterocycles. The number of hydrogen-bond acceptors (Lipinski definition) is 10. The van der Waals surface area contributed by atoms with Crippen LogP contribution in [-0.2, 0) is 35.2 Å². The summed E-state index contributed by atoms with van der Waals surface area (Å²) < 4.78 is 118. The molecule has 1 atom stereocenters. The monoisotopic (exact) mass is 1570 g/mol. The van der Waals surface area contributed by atoms with Gasteiger partial charge in [0.2, 0.25) is 57.0 Å². The highest BCUT2D eigenvalue weighted by atomic mass is 16.4. The lowest BCUT2D eigenvalue weighted by Crippen LogP contribution is -2.31. The summed E-state index contributed by atoms with van der Waals surface area (Å²) >= 11 is 0. The molecule has 0 fully saturated rings. The van der Waals surface area contributed by atoms with Gasteiger partial charge < -0.3 is 22.1 Å². The number of fused-ring (bicyclic) bond motifs is 15. The standard InChI is InChI=1S/C22H23N2O.2C21H21N2O.C20H19N2O.C19H17N2O/c1-13(2)16-8-10-24(5)18(12-16)20-15(4)11-14(3)19-17-7-6-9-23-22(17)25-21(19)20;1-12-10-17(23(5)11-15(12)4)19-14(3)9-13(2)18-16-7-6-8-22-21(16)24-20(18)19;1-13(2)15-9-11-23(4)18(12-15)19-14(3)7-8-16-17-6-5-10-22-21(17)24-20(16)19;1-12-7-8-15-16-6-5-9-21-20(16)23-19(15)18(12)17-10-13(2)14(3)11-22(17)4;1-12-6-9-16(21(3)11-12)17-13(2)7-8-14-15-5-4-10-20-19(15)22-18(14)17/h6-13H,1-5H3;6-11H,1-5H3;5-13H,1-4H3;5-11H,1-4H3;4-11H,1-3H3/q5*+1/i;;1D3,13D;3D3;1D3. The molecule has 1 unspecified atom stereocenters. The second kappa shape index (κ2) is 31.7. The van der Waals surface area contributed by atoms with E-state index < -0.39 is 26.4 Å². The van der Waals surface area contributed by atoms with Crippen LogP contribution < -0.4 is 22.8 Å². The Morgan fingerprint density at radius 2 is 0.653 bits per heavy atom. The molecule has 0 saturated carbocycles. The minimum Gasteiger partial charge on any atom is -0.437 e. The van der Waals surface area contributed by atoms with Gasteiger partial charge in [-0.15, -0.1) is 0 Å². The van der Waals surface area contributed by atoms with Crippen LogP contribution >= 0.6 is 0 Å². The number of pyridine rings is 10. The van der Waals surface area contributed by atoms with Gasteiger partial charge in [0.1, 0.15) is 35.2 Å². The molecule has 0 amide bonds. The molecule has 0 saturated heterocycles. The zero-order chi connectivity index (χ0) is 91.4. The SMILES string of the molecule is Cc1cc(-c2c(C)cc(C)c3c2oc2ncccc23)[n+](C)cc1C.Cc1cc(C)c2c(oc3ncccc32)c1-c1cc(C(C)C)cc[n+]1C.[2H]C([2H])([2H])C([2H])(C)c1cc[n+](C)c(-c2c(C)ccc3c2oc2ncccc23)c1.[2H]C([2H])([2H])c1c[n+](C)c(-c2c(C)ccc3c2oc2ncccc23)cc1C.[2H]C([2H])([2H])c1ccc(-c2c(C)ccc3c2oc2ncccc23)[n+](C)c1. The van der Waals surface area contributed by atoms with Crippen LogP contribution in [0.25, 0.3) is 167 Å². The number of benzene rings is 5. The van der Waals surface area contributed by atoms with Gasteiger partial charge in [-0.2, -0.15) is 0 Å². The highest BCUT2D eigenvalue weighted by molar-refractivity contribution is 6.14. The van der Waals surface area contributed by atoms with Gasteiger partial charge in [0.05, 0.1) is 27.8 Å². The summed E-state index contributed by atoms with van der Waals surface area (Å²) in [5.74, 6) is -1.23. The zero-order valence-electron chi connectivity index (χ0n) is 79.9. The minimum absolute atomic E-state index is 0.315. The second-order valence-electron chi connectivity index (χ2n) is 31.4. The third-order valence-electron chi connectivity index (χ3n) is 22.8. The third kappa shape index (κ3) is 14.4. The van der Waals surface area contributed by atoms with Gasteiger partial charge in [-0.3, -0.25) is 0 Å². The van der Waals surface area contributed by atoms with Crippen LogP contribution in [0, 0.1) is 82.9 Å². The topological polar surface area (TPSA) is 150 Å². The molecule has 20 aromatic rings. The second-order valence-corrected chi connectivity index (χ2v) is 31.4. The van der Waals surface area contributed by atoms with Crippen molar-refractivity contribution in [3.8, 4) is 56.3 Å². The van der Waals surface area contributed by atoms with Crippen molar-refractivity contribution in [2.45, 2.75) is 122 Å². The molecule has 0 spiro atoms. The van der Waals surface area contributed by atoms with Gasteiger partial charge in [-0.25, -0.2) is 47.8 Å². The van der Waals surface area contributed by atoms with Gasteiger partial charge in [-0.05, 0) is 223 Å². The van der Waals surface area contributed by atoms with E-state index in [9.17, 15) is 0 Å². The van der Waals surface area contributed by atoms with Gasteiger partial charge in [0.25, 0.3) is 0 Å². The summed E-state index contributed by atoms with van der Waals surface area (Å²) in [5, 5.41) is 10.3. The molecule has 0 N–H and O–H groups in total. The van der Waals surface area contributed by atoms with E-state index in [2.05, 4.69) is 171 Å². The Labute approximate surface area is 701 Å². The molecule has 0 aliphatic carbocycles. The molecule has 15 heteroatoms. The van der Waals surface area contributed by atoms with E-state index in [0.29, 0.717) is 56.8 Å². The summed E-state index contributed by atoms with van der Waals surface area (Å²) in [6, 6.07) is 52.1. The first kappa shape index (κ1) is 66.8. The fourth-order valence-electron chi connectivity index (χ4n) is 16.4. The maximum absolute atomic E-state index is 8.45. The van der Waals surface area contributed by atoms with E-state index in [-0.39, 0.29) is 0 Å². The van der Waals surface area contributed by atoms with Crippen molar-refractivity contribution < 1.29 is 58.6 Å². The Hall–Kier alpha value is -13.4. The Bertz CT molecular complexity index is 7820. The lowest BCUT2D eigenvalue weighted by atomic mass is 9.95. The van der Waals surface area contributed by atoms with Crippen LogP contribution in [0.15, 0.2) is 242 Å². The summed E-state index contributed by atoms with van der Waals surface area (Å²) in [5.41, 5.74) is 31.1. The van der Waals surface area contributed by atoms with Crippen LogP contribution in [0.5, 0.6) is 0 Å². The smallest absolute Gasteiger partial charge is 0.227 e. The summed E-state index contributed by atoms with van der Waals surface area (Å²) in [4.78, 5) is 21.8. The maximum atomic E-state index is 8.45. The minimum atomic E-state index is -2.44. The molecule has 15 aromatic heterocycles. The molecule has 0 aliphatic rings. The number of nitrogens with zero attached hydrogens (tertiary/aromatic N) is 10. The van der Waals surface area contributed by atoms with Crippen molar-refractivity contribution in [3.63, 3.8) is 0 Å². The number of hydrogen-bond donors (Lipinski definition) is 0. The van der Waals surface area contributed by atoms with Crippen LogP contribution in [0.2, 0.25) is 0 Å². The molecule has 20 rings (SSSR count). The van der Waals surface area contributed by atoms with Gasteiger partial charge in [-0.1, -0.05) is 76.2 Å². The van der Waals surface area contributed by atoms with Crippen molar-refractivity contribution in [2.75, 3.05) is 0 Å². The van der Waals surface area contributed by atoms with Gasteiger partial charge in [0.15, 0.2) is 58.9 Å². The summed E-state index contributed by atoms with van der Waals surface area (Å²) in [6.45, 7) is 19.9.